The van der Waals surface area contributed by atoms with Crippen molar-refractivity contribution in [2.45, 2.75) is 189 Å². The lowest BCUT2D eigenvalue weighted by Crippen LogP contribution is -2.26. The maximum Gasteiger partial charge on any atom is 0.534 e. The topological polar surface area (TPSA) is 217 Å². The number of rotatable bonds is 15. The van der Waals surface area contributed by atoms with Crippen molar-refractivity contribution in [2.24, 2.45) is 35.5 Å². The molecule has 6 aliphatic rings. The van der Waals surface area contributed by atoms with Crippen LogP contribution in [0.5, 0.6) is 0 Å². The van der Waals surface area contributed by atoms with Crippen molar-refractivity contribution in [3.8, 4) is 24.7 Å². The van der Waals surface area contributed by atoms with Crippen molar-refractivity contribution < 1.29 is 161 Å². The normalized spacial score (nSPS) is 35.0. The molecule has 82 heavy (non-hydrogen) atoms. The van der Waals surface area contributed by atoms with Crippen molar-refractivity contribution >= 4 is 52.2 Å². The number of esters is 1. The van der Waals surface area contributed by atoms with Crippen molar-refractivity contribution in [3.63, 3.8) is 0 Å². The van der Waals surface area contributed by atoms with Gasteiger partial charge in [0.1, 0.15) is 28.8 Å². The third-order valence-electron chi connectivity index (χ3n) is 9.68. The first kappa shape index (κ1) is 37.7. The van der Waals surface area contributed by atoms with Crippen LogP contribution < -0.4 is 0 Å². The van der Waals surface area contributed by atoms with Gasteiger partial charge in [-0.3, -0.25) is 9.59 Å². The van der Waals surface area contributed by atoms with E-state index < -0.39 is 218 Å². The highest BCUT2D eigenvalue weighted by molar-refractivity contribution is 7.88. The summed E-state index contributed by atoms with van der Waals surface area (Å²) in [6.45, 7) is 7.45. The number of ketones is 1. The minimum Gasteiger partial charge on any atom is -0.469 e. The van der Waals surface area contributed by atoms with Crippen molar-refractivity contribution in [1.82, 2.24) is 0 Å². The van der Waals surface area contributed by atoms with Crippen LogP contribution in [0.25, 0.3) is 0 Å². The summed E-state index contributed by atoms with van der Waals surface area (Å²) in [5, 5.41) is 0. The molecule has 6 rings (SSSR count). The third-order valence-corrected chi connectivity index (χ3v) is 13.6. The molecule has 0 heterocycles. The molecule has 0 amide bonds. The second-order valence-electron chi connectivity index (χ2n) is 15.5. The predicted octanol–water partition coefficient (Wildman–Crippen LogP) is 13.7. The van der Waals surface area contributed by atoms with Gasteiger partial charge in [0, 0.05) is 79.5 Å². The van der Waals surface area contributed by atoms with E-state index in [-0.39, 0.29) is 29.4 Å². The molecule has 0 N–H and O–H groups in total. The van der Waals surface area contributed by atoms with Gasteiger partial charge in [0.15, 0.2) is 0 Å². The molecule has 0 aliphatic heterocycles. The van der Waals surface area contributed by atoms with E-state index in [1.807, 2.05) is 5.92 Å². The Kier molecular flexibility index (Phi) is 15.5. The molecule has 6 fully saturated rings. The van der Waals surface area contributed by atoms with E-state index >= 15 is 0 Å². The molecule has 0 atom stereocenters. The first-order chi connectivity index (χ1) is 49.8. The Morgan fingerprint density at radius 3 is 1.13 bits per heavy atom. The molecule has 0 aromatic rings. The molecule has 0 aromatic carbocycles. The van der Waals surface area contributed by atoms with Gasteiger partial charge in [-0.25, -0.2) is 0 Å². The zero-order chi connectivity index (χ0) is 91.7. The molecular formula is C51H70F12O15S4. The Balaban J connectivity index is 0.000000690. The molecule has 0 saturated heterocycles. The van der Waals surface area contributed by atoms with Crippen LogP contribution in [-0.2, 0) is 71.5 Å². The summed E-state index contributed by atoms with van der Waals surface area (Å²) >= 11 is 0. The van der Waals surface area contributed by atoms with E-state index in [0.717, 1.165) is 32.8 Å². The standard InChI is InChI=1S/C10H11F3O3S.C9H13F3O3S.C9H12O.2C8H11F3O3S.C7H12O2/c1-2-5-9(8-6-3-4-7-8)16-17(14,15)10(11,12)13;1-2-8(7-5-3-4-6-7)15-16(13,14)9(10,11)12;1-2-5-9(10)8-6-3-4-7-8;2*1-6(7-4-2-3-5-7)14-15(12,13)8(9,10)11;1-9-7(8)6-4-2-3-5-6/h1,5,8H,3-4,6-7H2;2,7H,3-6H2,1H3;1,8H,3-7H2;2*7H,1-5H2;6H,2-5H2,1H3/b9-5-;8-2-;;;;/i3D2,4D2,6D2,7D2;;3D2,4D2,6D2,7D2;2D2,3D2,4D2,5D2;;2D2,3D2,4D2,5D2. The molecule has 0 spiro atoms. The monoisotopic (exact) mass is 1310 g/mol. The Morgan fingerprint density at radius 2 is 0.805 bits per heavy atom. The van der Waals surface area contributed by atoms with E-state index in [4.69, 9.17) is 56.7 Å². The third kappa shape index (κ3) is 25.7. The van der Waals surface area contributed by atoms with Gasteiger partial charge in [0.25, 0.3) is 0 Å². The molecule has 6 saturated carbocycles. The van der Waals surface area contributed by atoms with Crippen molar-refractivity contribution in [2.75, 3.05) is 7.11 Å². The van der Waals surface area contributed by atoms with E-state index in [9.17, 15) is 95.9 Å². The second kappa shape index (κ2) is 33.8. The second-order valence-corrected chi connectivity index (χ2v) is 21.6. The van der Waals surface area contributed by atoms with Gasteiger partial charge in [0.2, 0.25) is 0 Å². The summed E-state index contributed by atoms with van der Waals surface area (Å²) in [6, 6.07) is 0. The van der Waals surface area contributed by atoms with Crippen LogP contribution >= 0.6 is 0 Å². The number of terminal acetylenes is 2. The Hall–Kier alpha value is -4.62. The van der Waals surface area contributed by atoms with Crippen LogP contribution in [0.1, 0.15) is 211 Å². The molecule has 0 radical (unpaired) electrons. The van der Waals surface area contributed by atoms with Crippen LogP contribution in [0.4, 0.5) is 52.7 Å². The number of hydrogen-bond acceptors (Lipinski definition) is 15. The molecule has 6 aliphatic carbocycles. The van der Waals surface area contributed by atoms with E-state index in [1.54, 1.807) is 5.92 Å². The van der Waals surface area contributed by atoms with Gasteiger partial charge in [0.05, 0.1) is 19.4 Å². The number of Topliss-reactive ketones (excluding diaryl/α,β-unsaturated/α-hetero) is 1. The van der Waals surface area contributed by atoms with Crippen LogP contribution in [0.2, 0.25) is 0 Å². The highest BCUT2D eigenvalue weighted by Gasteiger charge is 2.52. The summed E-state index contributed by atoms with van der Waals surface area (Å²) in [7, 11) is -22.8. The summed E-state index contributed by atoms with van der Waals surface area (Å²) in [5.74, 6) is -12.4. The van der Waals surface area contributed by atoms with Crippen LogP contribution in [-0.4, -0.2) is 74.6 Å². The number of carbonyl (C=O) groups excluding carboxylic acids is 2. The summed E-state index contributed by atoms with van der Waals surface area (Å²) in [4.78, 5) is 23.1. The lowest BCUT2D eigenvalue weighted by Gasteiger charge is -2.16. The zero-order valence-corrected chi connectivity index (χ0v) is 45.1. The number of allylic oxidation sites excluding steroid dienone is 6. The fourth-order valence-electron chi connectivity index (χ4n) is 5.80. The lowest BCUT2D eigenvalue weighted by atomic mass is 10.0. The minimum absolute atomic E-state index is 0.0881. The van der Waals surface area contributed by atoms with Gasteiger partial charge in [-0.15, -0.1) is 12.8 Å². The molecular weight excluding hydrogens is 1210 g/mol. The van der Waals surface area contributed by atoms with E-state index in [2.05, 4.69) is 34.6 Å². The molecule has 0 aromatic heterocycles. The maximum atomic E-state index is 12.5. The number of hydrogen-bond donors (Lipinski definition) is 0. The quantitative estimate of drug-likeness (QED) is 0.0372. The van der Waals surface area contributed by atoms with Crippen molar-refractivity contribution in [1.29, 1.82) is 0 Å². The summed E-state index contributed by atoms with van der Waals surface area (Å²) in [5.41, 5.74) is -22.6. The molecule has 0 unspecified atom stereocenters. The molecule has 0 bridgehead atoms. The molecule has 472 valence electrons. The maximum absolute atomic E-state index is 12.5. The number of carbonyl (C=O) groups is 2. The van der Waals surface area contributed by atoms with Gasteiger partial charge in [-0.05, 0) is 89.7 Å². The average molecular weight is 1310 g/mol. The number of alkyl halides is 12. The highest BCUT2D eigenvalue weighted by atomic mass is 32.2. The number of halogens is 12. The van der Waals surface area contributed by atoms with Crippen molar-refractivity contribution in [3.05, 3.63) is 48.3 Å². The average Bonchev–Trinajstić information content (AvgIpc) is 1.55. The SMILES string of the molecule is C/C=C(\OS(=O)(=O)C(F)(F)F)C1CCCC1.C=C(OS(=O)(=O)C(F)(F)F)C1CCCC1.[2H]C1([2H])C(/C(=C/C#C)OS(=O)(=O)C(F)(F)F)C([2H])([2H])C([2H])([2H])C1([2H])[2H].[2H]C1([2H])C(C(=C)OS(=O)(=O)C(F)(F)F)C([2H])([2H])C([2H])([2H])C1([2H])[2H].[2H]C1([2H])C(C(=O)CC#C)C([2H])([2H])C([2H])([2H])C1([2H])[2H].[2H]C1([2H])C(C(=O)OC)C([2H])([2H])C([2H])([2H])C1([2H])[2H]. The molecule has 31 heteroatoms. The fraction of sp³-hybridized carbons (Fsp3) is 0.725. The fourth-order valence-corrected chi connectivity index (χ4v) is 7.86. The van der Waals surface area contributed by atoms with Crippen LogP contribution in [0.15, 0.2) is 48.3 Å². The Morgan fingerprint density at radius 1 is 0.500 bits per heavy atom. The van der Waals surface area contributed by atoms with Crippen LogP contribution in [0, 0.1) is 60.2 Å². The minimum atomic E-state index is -6.37. The zero-order valence-electron chi connectivity index (χ0n) is 73.8. The smallest absolute Gasteiger partial charge is 0.469 e. The van der Waals surface area contributed by atoms with Crippen LogP contribution in [0.3, 0.4) is 0 Å². The van der Waals surface area contributed by atoms with Gasteiger partial charge in [-0.2, -0.15) is 86.4 Å². The molecule has 15 nitrogen and oxygen atoms in total. The number of ether oxygens (including phenoxy) is 1. The predicted molar refractivity (Wildman–Crippen MR) is 275 cm³/mol. The lowest BCUT2D eigenvalue weighted by molar-refractivity contribution is -0.145. The van der Waals surface area contributed by atoms with Gasteiger partial charge < -0.3 is 21.5 Å². The summed E-state index contributed by atoms with van der Waals surface area (Å²) < 4.78 is 494. The largest absolute Gasteiger partial charge is 0.534 e. The Labute approximate surface area is 517 Å². The van der Waals surface area contributed by atoms with Gasteiger partial charge in [-0.1, -0.05) is 102 Å². The number of methoxy groups -OCH3 is 1. The summed E-state index contributed by atoms with van der Waals surface area (Å²) in [6.07, 6.45) is -35.6. The first-order valence-electron chi connectivity index (χ1n) is 38.0. The van der Waals surface area contributed by atoms with Gasteiger partial charge >= 0.3 is 68.5 Å². The van der Waals surface area contributed by atoms with E-state index in [1.165, 1.54) is 13.0 Å². The first-order valence-corrected chi connectivity index (χ1v) is 27.7. The highest BCUT2D eigenvalue weighted by Crippen LogP contribution is 2.39. The van der Waals surface area contributed by atoms with E-state index in [0.29, 0.717) is 25.7 Å². The Bertz CT molecular complexity index is 4100.